The number of benzene rings is 1. The van der Waals surface area contributed by atoms with E-state index in [4.69, 9.17) is 0 Å². The van der Waals surface area contributed by atoms with E-state index in [-0.39, 0.29) is 11.7 Å². The minimum atomic E-state index is -0.807. The van der Waals surface area contributed by atoms with Gasteiger partial charge in [0.25, 0.3) is 0 Å². The van der Waals surface area contributed by atoms with Gasteiger partial charge in [0.05, 0.1) is 17.0 Å². The lowest BCUT2D eigenvalue weighted by Crippen LogP contribution is -2.29. The van der Waals surface area contributed by atoms with E-state index in [9.17, 15) is 9.18 Å². The van der Waals surface area contributed by atoms with Crippen molar-refractivity contribution in [3.05, 3.63) is 47.7 Å². The predicted molar refractivity (Wildman–Crippen MR) is 82.4 cm³/mol. The van der Waals surface area contributed by atoms with E-state index in [1.807, 2.05) is 13.0 Å². The van der Waals surface area contributed by atoms with Gasteiger partial charge in [-0.2, -0.15) is 5.10 Å². The fourth-order valence-electron chi connectivity index (χ4n) is 2.84. The van der Waals surface area contributed by atoms with Crippen molar-refractivity contribution in [2.24, 2.45) is 0 Å². The van der Waals surface area contributed by atoms with Gasteiger partial charge >= 0.3 is 0 Å². The third-order valence-electron chi connectivity index (χ3n) is 4.30. The Bertz CT molecular complexity index is 916. The van der Waals surface area contributed by atoms with Gasteiger partial charge in [-0.15, -0.1) is 0 Å². The zero-order valence-electron chi connectivity index (χ0n) is 12.4. The molecule has 0 unspecified atom stereocenters. The van der Waals surface area contributed by atoms with Crippen LogP contribution in [0.25, 0.3) is 11.0 Å². The largest absolute Gasteiger partial charge is 0.309 e. The van der Waals surface area contributed by atoms with Gasteiger partial charge in [-0.3, -0.25) is 9.89 Å². The molecule has 1 saturated carbocycles. The molecule has 0 spiro atoms. The monoisotopic (exact) mass is 311 g/mol. The maximum absolute atomic E-state index is 14.3. The molecule has 1 amide bonds. The summed E-state index contributed by atoms with van der Waals surface area (Å²) < 4.78 is 14.3. The molecule has 1 fully saturated rings. The SMILES string of the molecule is Cc1ccc(C2(C(=O)Nc3ncnc4[nH]ncc34)CC2)c(F)c1. The van der Waals surface area contributed by atoms with Crippen molar-refractivity contribution in [3.63, 3.8) is 0 Å². The van der Waals surface area contributed by atoms with Crippen molar-refractivity contribution in [1.82, 2.24) is 20.2 Å². The summed E-state index contributed by atoms with van der Waals surface area (Å²) in [6.45, 7) is 1.82. The number of amides is 1. The first-order valence-electron chi connectivity index (χ1n) is 7.32. The Morgan fingerprint density at radius 3 is 2.91 bits per heavy atom. The van der Waals surface area contributed by atoms with E-state index in [2.05, 4.69) is 25.5 Å². The van der Waals surface area contributed by atoms with Gasteiger partial charge in [0.1, 0.15) is 18.0 Å². The number of anilines is 1. The molecule has 0 atom stereocenters. The standard InChI is InChI=1S/C16H14FN5O/c1-9-2-3-11(12(17)6-9)16(4-5-16)15(23)21-13-10-7-20-22-14(10)19-8-18-13/h2-3,6-8H,4-5H2,1H3,(H2,18,19,20,21,22,23). The molecule has 3 aromatic rings. The van der Waals surface area contributed by atoms with Gasteiger partial charge in [-0.25, -0.2) is 14.4 Å². The average molecular weight is 311 g/mol. The molecular weight excluding hydrogens is 297 g/mol. The number of carbonyl (C=O) groups is 1. The lowest BCUT2D eigenvalue weighted by Gasteiger charge is -2.16. The van der Waals surface area contributed by atoms with Crippen LogP contribution in [0, 0.1) is 12.7 Å². The Labute approximate surface area is 131 Å². The predicted octanol–water partition coefficient (Wildman–Crippen LogP) is 2.47. The lowest BCUT2D eigenvalue weighted by atomic mass is 9.93. The molecule has 7 heteroatoms. The Morgan fingerprint density at radius 2 is 2.17 bits per heavy atom. The van der Waals surface area contributed by atoms with Crippen molar-refractivity contribution < 1.29 is 9.18 Å². The zero-order valence-corrected chi connectivity index (χ0v) is 12.4. The molecule has 2 heterocycles. The highest BCUT2D eigenvalue weighted by atomic mass is 19.1. The second-order valence-corrected chi connectivity index (χ2v) is 5.87. The summed E-state index contributed by atoms with van der Waals surface area (Å²) in [6, 6.07) is 4.98. The molecule has 0 aliphatic heterocycles. The molecule has 1 aromatic carbocycles. The van der Waals surface area contributed by atoms with Crippen LogP contribution in [0.3, 0.4) is 0 Å². The van der Waals surface area contributed by atoms with Crippen LogP contribution in [0.4, 0.5) is 10.2 Å². The molecule has 0 radical (unpaired) electrons. The van der Waals surface area contributed by atoms with Gasteiger partial charge in [0.15, 0.2) is 5.65 Å². The molecule has 1 aliphatic carbocycles. The van der Waals surface area contributed by atoms with E-state index < -0.39 is 5.41 Å². The molecule has 4 rings (SSSR count). The van der Waals surface area contributed by atoms with E-state index in [0.717, 1.165) is 5.56 Å². The van der Waals surface area contributed by atoms with Gasteiger partial charge in [0, 0.05) is 5.56 Å². The summed E-state index contributed by atoms with van der Waals surface area (Å²) in [6.07, 6.45) is 4.15. The maximum Gasteiger partial charge on any atom is 0.236 e. The minimum Gasteiger partial charge on any atom is -0.309 e. The Morgan fingerprint density at radius 1 is 1.35 bits per heavy atom. The summed E-state index contributed by atoms with van der Waals surface area (Å²) in [7, 11) is 0. The van der Waals surface area contributed by atoms with Gasteiger partial charge in [-0.1, -0.05) is 12.1 Å². The highest BCUT2D eigenvalue weighted by Gasteiger charge is 2.52. The van der Waals surface area contributed by atoms with Crippen molar-refractivity contribution in [1.29, 1.82) is 0 Å². The van der Waals surface area contributed by atoms with Crippen molar-refractivity contribution in [2.75, 3.05) is 5.32 Å². The number of aryl methyl sites for hydroxylation is 1. The maximum atomic E-state index is 14.3. The van der Waals surface area contributed by atoms with Gasteiger partial charge in [-0.05, 0) is 31.4 Å². The van der Waals surface area contributed by atoms with E-state index in [0.29, 0.717) is 35.3 Å². The molecule has 23 heavy (non-hydrogen) atoms. The quantitative estimate of drug-likeness (QED) is 0.778. The first kappa shape index (κ1) is 13.8. The number of rotatable bonds is 3. The third-order valence-corrected chi connectivity index (χ3v) is 4.30. The summed E-state index contributed by atoms with van der Waals surface area (Å²) >= 11 is 0. The van der Waals surface area contributed by atoms with E-state index in [1.54, 1.807) is 12.3 Å². The number of fused-ring (bicyclic) bond motifs is 1. The van der Waals surface area contributed by atoms with E-state index in [1.165, 1.54) is 12.4 Å². The topological polar surface area (TPSA) is 83.6 Å². The number of hydrogen-bond donors (Lipinski definition) is 2. The number of carbonyl (C=O) groups excluding carboxylic acids is 1. The lowest BCUT2D eigenvalue weighted by molar-refractivity contribution is -0.118. The number of nitrogens with zero attached hydrogens (tertiary/aromatic N) is 3. The summed E-state index contributed by atoms with van der Waals surface area (Å²) in [4.78, 5) is 20.9. The first-order valence-corrected chi connectivity index (χ1v) is 7.32. The van der Waals surface area contributed by atoms with Crippen LogP contribution in [0.2, 0.25) is 0 Å². The molecule has 116 valence electrons. The average Bonchev–Trinajstić information content (AvgIpc) is 3.17. The molecule has 6 nitrogen and oxygen atoms in total. The summed E-state index contributed by atoms with van der Waals surface area (Å²) in [5.74, 6) is -0.206. The van der Waals surface area contributed by atoms with E-state index >= 15 is 0 Å². The molecule has 2 N–H and O–H groups in total. The van der Waals surface area contributed by atoms with Crippen molar-refractivity contribution >= 4 is 22.8 Å². The Hall–Kier alpha value is -2.83. The zero-order chi connectivity index (χ0) is 16.0. The Balaban J connectivity index is 1.68. The smallest absolute Gasteiger partial charge is 0.236 e. The number of halogens is 1. The second-order valence-electron chi connectivity index (χ2n) is 5.87. The van der Waals surface area contributed by atoms with Gasteiger partial charge in [0.2, 0.25) is 5.91 Å². The van der Waals surface area contributed by atoms with Crippen LogP contribution in [-0.2, 0) is 10.2 Å². The van der Waals surface area contributed by atoms with Crippen molar-refractivity contribution in [3.8, 4) is 0 Å². The number of aromatic amines is 1. The number of nitrogens with one attached hydrogen (secondary N) is 2. The molecule has 2 aromatic heterocycles. The third kappa shape index (κ3) is 2.16. The Kier molecular flexibility index (Phi) is 2.90. The van der Waals surface area contributed by atoms with Crippen molar-refractivity contribution in [2.45, 2.75) is 25.2 Å². The highest BCUT2D eigenvalue weighted by Crippen LogP contribution is 2.50. The van der Waals surface area contributed by atoms with Crippen LogP contribution in [0.1, 0.15) is 24.0 Å². The number of aromatic nitrogens is 4. The first-order chi connectivity index (χ1) is 11.1. The fraction of sp³-hybridized carbons (Fsp3) is 0.250. The van der Waals surface area contributed by atoms with Crippen LogP contribution in [0.15, 0.2) is 30.7 Å². The molecular formula is C16H14FN5O. The summed E-state index contributed by atoms with van der Waals surface area (Å²) in [5, 5.41) is 10.0. The summed E-state index contributed by atoms with van der Waals surface area (Å²) in [5.41, 5.74) is 1.01. The van der Waals surface area contributed by atoms with Crippen LogP contribution < -0.4 is 5.32 Å². The fourth-order valence-corrected chi connectivity index (χ4v) is 2.84. The number of hydrogen-bond acceptors (Lipinski definition) is 4. The normalized spacial score (nSPS) is 15.6. The van der Waals surface area contributed by atoms with Gasteiger partial charge < -0.3 is 5.32 Å². The molecule has 0 saturated heterocycles. The van der Waals surface area contributed by atoms with Crippen LogP contribution in [-0.4, -0.2) is 26.1 Å². The second kappa shape index (κ2) is 4.84. The number of H-pyrrole nitrogens is 1. The molecule has 0 bridgehead atoms. The minimum absolute atomic E-state index is 0.249. The molecule has 1 aliphatic rings. The van der Waals surface area contributed by atoms with Crippen LogP contribution in [0.5, 0.6) is 0 Å². The highest BCUT2D eigenvalue weighted by molar-refractivity contribution is 6.04. The van der Waals surface area contributed by atoms with Crippen LogP contribution >= 0.6 is 0 Å².